The molecule has 1 saturated carbocycles. The van der Waals surface area contributed by atoms with Gasteiger partial charge < -0.3 is 5.32 Å². The molecule has 1 aromatic rings. The number of rotatable bonds is 5. The Hall–Kier alpha value is -0.480. The van der Waals surface area contributed by atoms with Crippen molar-refractivity contribution in [2.45, 2.75) is 30.6 Å². The van der Waals surface area contributed by atoms with E-state index in [1.807, 2.05) is 11.4 Å². The summed E-state index contributed by atoms with van der Waals surface area (Å²) in [5.41, 5.74) is 0. The van der Waals surface area contributed by atoms with E-state index in [0.29, 0.717) is 0 Å². The molecule has 15 heavy (non-hydrogen) atoms. The highest BCUT2D eigenvalue weighted by Crippen LogP contribution is 2.33. The molecule has 0 spiro atoms. The number of nitrogens with one attached hydrogen (secondary N) is 1. The Morgan fingerprint density at radius 3 is 3.00 bits per heavy atom. The Morgan fingerprint density at radius 2 is 2.40 bits per heavy atom. The van der Waals surface area contributed by atoms with Crippen LogP contribution in [0, 0.1) is 5.92 Å². The van der Waals surface area contributed by atoms with Gasteiger partial charge in [0.2, 0.25) is 0 Å². The summed E-state index contributed by atoms with van der Waals surface area (Å²) in [5.74, 6) is 0.990. The fourth-order valence-corrected chi connectivity index (χ4v) is 2.60. The van der Waals surface area contributed by atoms with E-state index < -0.39 is 0 Å². The standard InChI is InChI=1S/C11H15NOS2/c13-11(10-6-9(14)7-15-10)12-5-1-2-8-3-4-8/h6-8,14H,1-5H2,(H,12,13). The summed E-state index contributed by atoms with van der Waals surface area (Å²) in [6.45, 7) is 0.801. The van der Waals surface area contributed by atoms with E-state index in [9.17, 15) is 4.79 Å². The van der Waals surface area contributed by atoms with Gasteiger partial charge in [0.25, 0.3) is 5.91 Å². The van der Waals surface area contributed by atoms with Crippen LogP contribution in [0.4, 0.5) is 0 Å². The van der Waals surface area contributed by atoms with Gasteiger partial charge in [-0.1, -0.05) is 12.8 Å². The molecule has 4 heteroatoms. The summed E-state index contributed by atoms with van der Waals surface area (Å²) < 4.78 is 0. The predicted octanol–water partition coefficient (Wildman–Crippen LogP) is 2.96. The van der Waals surface area contributed by atoms with Crippen LogP contribution in [0.15, 0.2) is 16.3 Å². The summed E-state index contributed by atoms with van der Waals surface area (Å²) in [7, 11) is 0. The molecule has 1 aromatic heterocycles. The molecule has 1 N–H and O–H groups in total. The third-order valence-electron chi connectivity index (χ3n) is 2.58. The van der Waals surface area contributed by atoms with Crippen LogP contribution in [0.5, 0.6) is 0 Å². The minimum atomic E-state index is 0.0381. The Kier molecular flexibility index (Phi) is 3.70. The van der Waals surface area contributed by atoms with E-state index in [2.05, 4.69) is 17.9 Å². The van der Waals surface area contributed by atoms with Crippen LogP contribution in [0.3, 0.4) is 0 Å². The largest absolute Gasteiger partial charge is 0.351 e. The molecular formula is C11H15NOS2. The van der Waals surface area contributed by atoms with E-state index in [4.69, 9.17) is 0 Å². The van der Waals surface area contributed by atoms with Crippen molar-refractivity contribution in [3.8, 4) is 0 Å². The summed E-state index contributed by atoms with van der Waals surface area (Å²) in [4.78, 5) is 13.2. The molecule has 1 heterocycles. The van der Waals surface area contributed by atoms with Gasteiger partial charge in [-0.3, -0.25) is 4.79 Å². The van der Waals surface area contributed by atoms with Crippen molar-refractivity contribution in [3.63, 3.8) is 0 Å². The van der Waals surface area contributed by atoms with E-state index in [-0.39, 0.29) is 5.91 Å². The summed E-state index contributed by atoms with van der Waals surface area (Å²) >= 11 is 5.62. The van der Waals surface area contributed by atoms with Gasteiger partial charge in [-0.15, -0.1) is 24.0 Å². The molecule has 82 valence electrons. The molecule has 0 radical (unpaired) electrons. The van der Waals surface area contributed by atoms with Crippen LogP contribution in [0.2, 0.25) is 0 Å². The molecular weight excluding hydrogens is 226 g/mol. The van der Waals surface area contributed by atoms with Crippen LogP contribution in [-0.2, 0) is 0 Å². The zero-order valence-corrected chi connectivity index (χ0v) is 10.2. The summed E-state index contributed by atoms with van der Waals surface area (Å²) in [6.07, 6.45) is 5.15. The van der Waals surface area contributed by atoms with Crippen LogP contribution < -0.4 is 5.32 Å². The lowest BCUT2D eigenvalue weighted by molar-refractivity contribution is 0.0956. The van der Waals surface area contributed by atoms with E-state index >= 15 is 0 Å². The fraction of sp³-hybridized carbons (Fsp3) is 0.545. The van der Waals surface area contributed by atoms with Crippen LogP contribution in [-0.4, -0.2) is 12.5 Å². The maximum atomic E-state index is 11.6. The van der Waals surface area contributed by atoms with Crippen LogP contribution in [0.1, 0.15) is 35.4 Å². The molecule has 2 rings (SSSR count). The molecule has 0 bridgehead atoms. The van der Waals surface area contributed by atoms with Gasteiger partial charge in [0, 0.05) is 16.8 Å². The van der Waals surface area contributed by atoms with Crippen molar-refractivity contribution in [2.75, 3.05) is 6.54 Å². The third-order valence-corrected chi connectivity index (χ3v) is 3.94. The number of thiophene rings is 1. The van der Waals surface area contributed by atoms with Crippen LogP contribution >= 0.6 is 24.0 Å². The zero-order chi connectivity index (χ0) is 10.7. The fourth-order valence-electron chi connectivity index (χ4n) is 1.53. The van der Waals surface area contributed by atoms with Gasteiger partial charge in [0.1, 0.15) is 0 Å². The number of hydrogen-bond acceptors (Lipinski definition) is 3. The maximum absolute atomic E-state index is 11.6. The average Bonchev–Trinajstić information content (AvgIpc) is 2.94. The zero-order valence-electron chi connectivity index (χ0n) is 8.53. The van der Waals surface area contributed by atoms with Gasteiger partial charge in [0.05, 0.1) is 4.88 Å². The molecule has 0 atom stereocenters. The summed E-state index contributed by atoms with van der Waals surface area (Å²) in [5, 5.41) is 4.81. The second kappa shape index (κ2) is 5.03. The first kappa shape index (κ1) is 11.0. The number of carbonyl (C=O) groups excluding carboxylic acids is 1. The first-order valence-corrected chi connectivity index (χ1v) is 6.64. The van der Waals surface area contributed by atoms with Crippen molar-refractivity contribution in [2.24, 2.45) is 5.92 Å². The molecule has 1 amide bonds. The van der Waals surface area contributed by atoms with E-state index in [1.165, 1.54) is 30.6 Å². The normalized spacial score (nSPS) is 15.3. The SMILES string of the molecule is O=C(NCCCC1CC1)c1cc(S)cs1. The predicted molar refractivity (Wildman–Crippen MR) is 65.9 cm³/mol. The Labute approximate surface area is 99.5 Å². The molecule has 0 aromatic carbocycles. The molecule has 1 aliphatic rings. The van der Waals surface area contributed by atoms with E-state index in [0.717, 1.165) is 28.7 Å². The second-order valence-electron chi connectivity index (χ2n) is 4.01. The first-order chi connectivity index (χ1) is 7.25. The highest BCUT2D eigenvalue weighted by atomic mass is 32.1. The average molecular weight is 241 g/mol. The van der Waals surface area contributed by atoms with E-state index in [1.54, 1.807) is 0 Å². The molecule has 0 unspecified atom stereocenters. The highest BCUT2D eigenvalue weighted by Gasteiger charge is 2.20. The smallest absolute Gasteiger partial charge is 0.261 e. The van der Waals surface area contributed by atoms with Crippen LogP contribution in [0.25, 0.3) is 0 Å². The topological polar surface area (TPSA) is 29.1 Å². The molecule has 0 aliphatic heterocycles. The van der Waals surface area contributed by atoms with Gasteiger partial charge in [-0.2, -0.15) is 0 Å². The lowest BCUT2D eigenvalue weighted by atomic mass is 10.2. The van der Waals surface area contributed by atoms with Gasteiger partial charge in [-0.05, 0) is 24.8 Å². The quantitative estimate of drug-likeness (QED) is 0.602. The molecule has 1 aliphatic carbocycles. The lowest BCUT2D eigenvalue weighted by Crippen LogP contribution is -2.23. The molecule has 2 nitrogen and oxygen atoms in total. The number of hydrogen-bond donors (Lipinski definition) is 2. The monoisotopic (exact) mass is 241 g/mol. The lowest BCUT2D eigenvalue weighted by Gasteiger charge is -2.02. The highest BCUT2D eigenvalue weighted by molar-refractivity contribution is 7.80. The summed E-state index contributed by atoms with van der Waals surface area (Å²) in [6, 6.07) is 1.81. The van der Waals surface area contributed by atoms with Crippen molar-refractivity contribution in [3.05, 3.63) is 16.3 Å². The van der Waals surface area contributed by atoms with Crippen molar-refractivity contribution in [1.82, 2.24) is 5.32 Å². The Morgan fingerprint density at radius 1 is 1.60 bits per heavy atom. The van der Waals surface area contributed by atoms with Crippen molar-refractivity contribution < 1.29 is 4.79 Å². The minimum absolute atomic E-state index is 0.0381. The number of amides is 1. The van der Waals surface area contributed by atoms with Crippen molar-refractivity contribution in [1.29, 1.82) is 0 Å². The van der Waals surface area contributed by atoms with Gasteiger partial charge in [-0.25, -0.2) is 0 Å². The third kappa shape index (κ3) is 3.54. The van der Waals surface area contributed by atoms with Gasteiger partial charge >= 0.3 is 0 Å². The van der Waals surface area contributed by atoms with Gasteiger partial charge in [0.15, 0.2) is 0 Å². The Balaban J connectivity index is 1.67. The number of thiol groups is 1. The second-order valence-corrected chi connectivity index (χ2v) is 5.44. The molecule has 1 fully saturated rings. The maximum Gasteiger partial charge on any atom is 0.261 e. The number of carbonyl (C=O) groups is 1. The molecule has 0 saturated heterocycles. The minimum Gasteiger partial charge on any atom is -0.351 e. The first-order valence-electron chi connectivity index (χ1n) is 5.31. The Bertz CT molecular complexity index is 344. The van der Waals surface area contributed by atoms with Crippen molar-refractivity contribution >= 4 is 29.9 Å².